The number of esters is 1. The molecule has 3 aromatic rings. The number of ether oxygens (including phenoxy) is 1. The maximum Gasteiger partial charge on any atom is 0.338 e. The minimum absolute atomic E-state index is 0.0168. The predicted molar refractivity (Wildman–Crippen MR) is 104 cm³/mol. The molecule has 0 aliphatic heterocycles. The molecule has 0 aliphatic rings. The number of carbonyl (C=O) groups is 1. The van der Waals surface area contributed by atoms with Crippen LogP contribution in [0, 0.1) is 5.82 Å². The lowest BCUT2D eigenvalue weighted by Gasteiger charge is -2.15. The molecule has 0 radical (unpaired) electrons. The van der Waals surface area contributed by atoms with Gasteiger partial charge in [-0.25, -0.2) is 17.6 Å². The second-order valence-corrected chi connectivity index (χ2v) is 8.24. The Bertz CT molecular complexity index is 1190. The Balaban J connectivity index is 1.86. The number of benzene rings is 2. The maximum atomic E-state index is 13.9. The number of fused-ring (bicyclic) bond motifs is 1. The van der Waals surface area contributed by atoms with Crippen LogP contribution >= 0.6 is 11.6 Å². The van der Waals surface area contributed by atoms with E-state index in [2.05, 4.69) is 4.98 Å². The van der Waals surface area contributed by atoms with Gasteiger partial charge in [-0.05, 0) is 36.4 Å². The molecule has 0 N–H and O–H groups in total. The number of hydrogen-bond donors (Lipinski definition) is 0. The van der Waals surface area contributed by atoms with Crippen molar-refractivity contribution in [2.75, 3.05) is 14.2 Å². The zero-order valence-electron chi connectivity index (χ0n) is 15.4. The number of rotatable bonds is 6. The minimum Gasteiger partial charge on any atom is -0.457 e. The average Bonchev–Trinajstić information content (AvgIpc) is 2.72. The van der Waals surface area contributed by atoms with Crippen LogP contribution in [0.25, 0.3) is 10.9 Å². The van der Waals surface area contributed by atoms with Crippen LogP contribution < -0.4 is 0 Å². The Labute approximate surface area is 171 Å². The largest absolute Gasteiger partial charge is 0.457 e. The van der Waals surface area contributed by atoms with Gasteiger partial charge in [0.05, 0.1) is 23.2 Å². The molecule has 152 valence electrons. The summed E-state index contributed by atoms with van der Waals surface area (Å²) >= 11 is 5.98. The summed E-state index contributed by atoms with van der Waals surface area (Å²) < 4.78 is 44.7. The van der Waals surface area contributed by atoms with Gasteiger partial charge in [-0.2, -0.15) is 0 Å². The predicted octanol–water partition coefficient (Wildman–Crippen LogP) is 3.57. The van der Waals surface area contributed by atoms with Crippen LogP contribution in [0.5, 0.6) is 0 Å². The average molecular weight is 439 g/mol. The molecule has 7 nitrogen and oxygen atoms in total. The van der Waals surface area contributed by atoms with Crippen molar-refractivity contribution >= 4 is 38.5 Å². The number of pyridine rings is 1. The molecule has 1 aromatic heterocycles. The van der Waals surface area contributed by atoms with E-state index < -0.39 is 21.8 Å². The van der Waals surface area contributed by atoms with E-state index in [4.69, 9.17) is 21.2 Å². The molecule has 10 heteroatoms. The van der Waals surface area contributed by atoms with Crippen molar-refractivity contribution in [3.8, 4) is 0 Å². The smallest absolute Gasteiger partial charge is 0.338 e. The van der Waals surface area contributed by atoms with E-state index in [-0.39, 0.29) is 22.1 Å². The first kappa shape index (κ1) is 21.1. The van der Waals surface area contributed by atoms with Crippen LogP contribution in [0.1, 0.15) is 15.9 Å². The van der Waals surface area contributed by atoms with Crippen LogP contribution in [-0.4, -0.2) is 38.0 Å². The first-order chi connectivity index (χ1) is 13.8. The molecule has 0 aliphatic carbocycles. The molecule has 0 atom stereocenters. The van der Waals surface area contributed by atoms with Gasteiger partial charge in [0, 0.05) is 24.2 Å². The minimum atomic E-state index is -4.06. The number of sulfonamides is 1. The number of hydrogen-bond acceptors (Lipinski definition) is 6. The van der Waals surface area contributed by atoms with Gasteiger partial charge in [0.25, 0.3) is 10.0 Å². The number of carbonyl (C=O) groups excluding carboxylic acids is 1. The molecule has 1 heterocycles. The molecular weight excluding hydrogens is 423 g/mol. The summed E-state index contributed by atoms with van der Waals surface area (Å²) in [5.74, 6) is -1.20. The number of nitrogens with zero attached hydrogens (tertiary/aromatic N) is 2. The molecule has 0 bridgehead atoms. The second-order valence-electron chi connectivity index (χ2n) is 5.92. The number of hydroxylamine groups is 1. The van der Waals surface area contributed by atoms with Crippen molar-refractivity contribution in [3.05, 3.63) is 70.6 Å². The topological polar surface area (TPSA) is 85.8 Å². The van der Waals surface area contributed by atoms with Crippen molar-refractivity contribution < 1.29 is 27.2 Å². The summed E-state index contributed by atoms with van der Waals surface area (Å²) in [5.41, 5.74) is 0.870. The molecule has 0 saturated carbocycles. The van der Waals surface area contributed by atoms with Crippen molar-refractivity contribution in [2.45, 2.75) is 11.5 Å². The SMILES string of the molecule is CON(C)S(=O)(=O)c1cc(C(=O)OCc2ccc(F)c3cccnc23)ccc1Cl. The Morgan fingerprint density at radius 3 is 2.72 bits per heavy atom. The summed E-state index contributed by atoms with van der Waals surface area (Å²) in [4.78, 5) is 21.0. The lowest BCUT2D eigenvalue weighted by atomic mass is 10.1. The van der Waals surface area contributed by atoms with E-state index in [1.54, 1.807) is 12.1 Å². The zero-order chi connectivity index (χ0) is 21.2. The van der Waals surface area contributed by atoms with E-state index in [0.29, 0.717) is 20.9 Å². The number of aromatic nitrogens is 1. The van der Waals surface area contributed by atoms with Crippen LogP contribution in [0.15, 0.2) is 53.6 Å². The fraction of sp³-hybridized carbons (Fsp3) is 0.158. The summed E-state index contributed by atoms with van der Waals surface area (Å²) in [5, 5.41) is 0.239. The highest BCUT2D eigenvalue weighted by atomic mass is 35.5. The second kappa shape index (κ2) is 8.42. The number of halogens is 2. The van der Waals surface area contributed by atoms with Crippen molar-refractivity contribution in [1.29, 1.82) is 0 Å². The molecule has 0 fully saturated rings. The van der Waals surface area contributed by atoms with Crippen LogP contribution in [-0.2, 0) is 26.2 Å². The van der Waals surface area contributed by atoms with E-state index in [1.165, 1.54) is 44.6 Å². The van der Waals surface area contributed by atoms with Gasteiger partial charge in [0.2, 0.25) is 0 Å². The molecule has 0 saturated heterocycles. The molecule has 29 heavy (non-hydrogen) atoms. The van der Waals surface area contributed by atoms with E-state index in [1.807, 2.05) is 0 Å². The van der Waals surface area contributed by atoms with E-state index in [0.717, 1.165) is 6.07 Å². The van der Waals surface area contributed by atoms with Gasteiger partial charge >= 0.3 is 5.97 Å². The zero-order valence-corrected chi connectivity index (χ0v) is 17.0. The lowest BCUT2D eigenvalue weighted by molar-refractivity contribution is -0.0258. The van der Waals surface area contributed by atoms with E-state index in [9.17, 15) is 17.6 Å². The van der Waals surface area contributed by atoms with Crippen molar-refractivity contribution in [2.24, 2.45) is 0 Å². The Morgan fingerprint density at radius 1 is 1.24 bits per heavy atom. The summed E-state index contributed by atoms with van der Waals surface area (Å²) in [6.45, 7) is -0.171. The molecule has 2 aromatic carbocycles. The molecule has 3 rings (SSSR count). The van der Waals surface area contributed by atoms with Gasteiger partial charge in [0.1, 0.15) is 17.3 Å². The third-order valence-electron chi connectivity index (χ3n) is 4.20. The van der Waals surface area contributed by atoms with Crippen molar-refractivity contribution in [3.63, 3.8) is 0 Å². The highest BCUT2D eigenvalue weighted by molar-refractivity contribution is 7.89. The van der Waals surface area contributed by atoms with Crippen LogP contribution in [0.3, 0.4) is 0 Å². The Hall–Kier alpha value is -2.59. The summed E-state index contributed by atoms with van der Waals surface area (Å²) in [6.07, 6.45) is 1.51. The normalized spacial score (nSPS) is 11.8. The first-order valence-corrected chi connectivity index (χ1v) is 10.1. The quantitative estimate of drug-likeness (QED) is 0.432. The monoisotopic (exact) mass is 438 g/mol. The summed E-state index contributed by atoms with van der Waals surface area (Å²) in [7, 11) is -1.67. The van der Waals surface area contributed by atoms with Gasteiger partial charge in [0.15, 0.2) is 0 Å². The van der Waals surface area contributed by atoms with Gasteiger partial charge in [-0.3, -0.25) is 9.82 Å². The third kappa shape index (κ3) is 4.23. The van der Waals surface area contributed by atoms with Gasteiger partial charge < -0.3 is 4.74 Å². The van der Waals surface area contributed by atoms with Gasteiger partial charge in [-0.1, -0.05) is 22.1 Å². The molecule has 0 spiro atoms. The van der Waals surface area contributed by atoms with Crippen LogP contribution in [0.4, 0.5) is 4.39 Å². The third-order valence-corrected chi connectivity index (χ3v) is 6.36. The Kier molecular flexibility index (Phi) is 6.13. The molecule has 0 unspecified atom stereocenters. The fourth-order valence-electron chi connectivity index (χ4n) is 2.60. The highest BCUT2D eigenvalue weighted by Crippen LogP contribution is 2.26. The lowest BCUT2D eigenvalue weighted by Crippen LogP contribution is -2.26. The van der Waals surface area contributed by atoms with Crippen molar-refractivity contribution in [1.82, 2.24) is 9.45 Å². The first-order valence-electron chi connectivity index (χ1n) is 8.27. The fourth-order valence-corrected chi connectivity index (χ4v) is 4.08. The maximum absolute atomic E-state index is 13.9. The highest BCUT2D eigenvalue weighted by Gasteiger charge is 2.25. The Morgan fingerprint density at radius 2 is 2.00 bits per heavy atom. The standard InChI is InChI=1S/C19H16ClFN2O5S/c1-23(27-2)29(25,26)17-10-12(5-7-15(17)20)19(24)28-11-13-6-8-16(21)14-4-3-9-22-18(13)14/h3-10H,11H2,1-2H3. The molecule has 0 amide bonds. The summed E-state index contributed by atoms with van der Waals surface area (Å²) in [6, 6.07) is 9.65. The van der Waals surface area contributed by atoms with Gasteiger partial charge in [-0.15, -0.1) is 0 Å². The molecular formula is C19H16ClFN2O5S. The van der Waals surface area contributed by atoms with Crippen LogP contribution in [0.2, 0.25) is 5.02 Å². The van der Waals surface area contributed by atoms with E-state index >= 15 is 0 Å².